The molecule has 1 aliphatic carbocycles. The van der Waals surface area contributed by atoms with Crippen LogP contribution in [0.3, 0.4) is 0 Å². The lowest BCUT2D eigenvalue weighted by Crippen LogP contribution is -2.30. The summed E-state index contributed by atoms with van der Waals surface area (Å²) in [5, 5.41) is 3.17. The van der Waals surface area contributed by atoms with Crippen molar-refractivity contribution in [2.24, 2.45) is 0 Å². The van der Waals surface area contributed by atoms with Crippen LogP contribution in [-0.4, -0.2) is 5.91 Å². The Morgan fingerprint density at radius 2 is 1.85 bits per heavy atom. The van der Waals surface area contributed by atoms with Crippen LogP contribution in [-0.2, 0) is 6.42 Å². The molecule has 1 unspecified atom stereocenters. The second-order valence-corrected chi connectivity index (χ2v) is 6.37. The standard InChI is InChI=1S/C17H16INO/c18-14-10-8-13(9-11-14)17(20)19-16-7-3-5-12-4-1-2-6-15(12)16/h1-2,4,6,8-11,16H,3,5,7H2,(H,19,20). The van der Waals surface area contributed by atoms with Crippen LogP contribution in [0.2, 0.25) is 0 Å². The van der Waals surface area contributed by atoms with E-state index in [9.17, 15) is 4.79 Å². The van der Waals surface area contributed by atoms with Gasteiger partial charge in [0.2, 0.25) is 0 Å². The van der Waals surface area contributed by atoms with Crippen LogP contribution in [0.1, 0.15) is 40.4 Å². The minimum absolute atomic E-state index is 0.0168. The molecule has 0 spiro atoms. The number of fused-ring (bicyclic) bond motifs is 1. The predicted octanol–water partition coefficient (Wildman–Crippen LogP) is 4.10. The number of hydrogen-bond donors (Lipinski definition) is 1. The van der Waals surface area contributed by atoms with E-state index in [1.54, 1.807) is 0 Å². The summed E-state index contributed by atoms with van der Waals surface area (Å²) in [7, 11) is 0. The Bertz CT molecular complexity index is 621. The van der Waals surface area contributed by atoms with Gasteiger partial charge in [-0.25, -0.2) is 0 Å². The molecular weight excluding hydrogens is 361 g/mol. The molecule has 3 heteroatoms. The minimum atomic E-state index is 0.0168. The van der Waals surface area contributed by atoms with Crippen molar-refractivity contribution in [3.8, 4) is 0 Å². The summed E-state index contributed by atoms with van der Waals surface area (Å²) in [5.74, 6) is 0.0168. The molecular formula is C17H16INO. The van der Waals surface area contributed by atoms with Crippen molar-refractivity contribution >= 4 is 28.5 Å². The summed E-state index contributed by atoms with van der Waals surface area (Å²) in [5.41, 5.74) is 3.37. The van der Waals surface area contributed by atoms with Gasteiger partial charge in [0.1, 0.15) is 0 Å². The number of carbonyl (C=O) groups excluding carboxylic acids is 1. The number of halogens is 1. The second kappa shape index (κ2) is 5.95. The first-order valence-electron chi connectivity index (χ1n) is 6.88. The molecule has 2 nitrogen and oxygen atoms in total. The van der Waals surface area contributed by atoms with Gasteiger partial charge in [0.25, 0.3) is 5.91 Å². The maximum Gasteiger partial charge on any atom is 0.251 e. The van der Waals surface area contributed by atoms with E-state index >= 15 is 0 Å². The largest absolute Gasteiger partial charge is 0.345 e. The molecule has 0 saturated carbocycles. The monoisotopic (exact) mass is 377 g/mol. The zero-order valence-electron chi connectivity index (χ0n) is 11.1. The van der Waals surface area contributed by atoms with Crippen LogP contribution in [0.25, 0.3) is 0 Å². The van der Waals surface area contributed by atoms with Gasteiger partial charge in [0.15, 0.2) is 0 Å². The van der Waals surface area contributed by atoms with Crippen molar-refractivity contribution in [2.75, 3.05) is 0 Å². The van der Waals surface area contributed by atoms with Crippen LogP contribution in [0.15, 0.2) is 48.5 Å². The first kappa shape index (κ1) is 13.6. The number of nitrogens with one attached hydrogen (secondary N) is 1. The van der Waals surface area contributed by atoms with Gasteiger partial charge >= 0.3 is 0 Å². The van der Waals surface area contributed by atoms with Gasteiger partial charge < -0.3 is 5.32 Å². The van der Waals surface area contributed by atoms with Crippen LogP contribution in [0.4, 0.5) is 0 Å². The SMILES string of the molecule is O=C(NC1CCCc2ccccc21)c1ccc(I)cc1. The maximum atomic E-state index is 12.3. The summed E-state index contributed by atoms with van der Waals surface area (Å²) in [6, 6.07) is 16.3. The smallest absolute Gasteiger partial charge is 0.251 e. The summed E-state index contributed by atoms with van der Waals surface area (Å²) in [6.07, 6.45) is 3.27. The summed E-state index contributed by atoms with van der Waals surface area (Å²) in [6.45, 7) is 0. The molecule has 0 bridgehead atoms. The third-order valence-electron chi connectivity index (χ3n) is 3.78. The minimum Gasteiger partial charge on any atom is -0.345 e. The number of carbonyl (C=O) groups is 1. The lowest BCUT2D eigenvalue weighted by molar-refractivity contribution is 0.0932. The fourth-order valence-electron chi connectivity index (χ4n) is 2.75. The van der Waals surface area contributed by atoms with E-state index in [4.69, 9.17) is 0 Å². The Kier molecular flexibility index (Phi) is 4.05. The number of rotatable bonds is 2. The number of aryl methyl sites for hydroxylation is 1. The summed E-state index contributed by atoms with van der Waals surface area (Å²) >= 11 is 2.24. The van der Waals surface area contributed by atoms with E-state index in [0.717, 1.165) is 28.4 Å². The highest BCUT2D eigenvalue weighted by atomic mass is 127. The average molecular weight is 377 g/mol. The molecule has 102 valence electrons. The normalized spacial score (nSPS) is 17.4. The first-order chi connectivity index (χ1) is 9.74. The molecule has 0 heterocycles. The highest BCUT2D eigenvalue weighted by Crippen LogP contribution is 2.29. The van der Waals surface area contributed by atoms with Gasteiger partial charge in [-0.2, -0.15) is 0 Å². The van der Waals surface area contributed by atoms with Crippen molar-refractivity contribution in [2.45, 2.75) is 25.3 Å². The molecule has 0 saturated heterocycles. The average Bonchev–Trinajstić information content (AvgIpc) is 2.48. The van der Waals surface area contributed by atoms with E-state index in [1.165, 1.54) is 11.1 Å². The molecule has 1 N–H and O–H groups in total. The Morgan fingerprint density at radius 3 is 2.65 bits per heavy atom. The molecule has 1 atom stereocenters. The molecule has 20 heavy (non-hydrogen) atoms. The molecule has 2 aromatic rings. The Hall–Kier alpha value is -1.36. The number of amides is 1. The predicted molar refractivity (Wildman–Crippen MR) is 88.7 cm³/mol. The molecule has 0 radical (unpaired) electrons. The highest BCUT2D eigenvalue weighted by molar-refractivity contribution is 14.1. The van der Waals surface area contributed by atoms with E-state index in [2.05, 4.69) is 46.1 Å². The van der Waals surface area contributed by atoms with E-state index in [-0.39, 0.29) is 11.9 Å². The molecule has 0 aliphatic heterocycles. The van der Waals surface area contributed by atoms with Crippen LogP contribution in [0.5, 0.6) is 0 Å². The van der Waals surface area contributed by atoms with Crippen molar-refractivity contribution < 1.29 is 4.79 Å². The lowest BCUT2D eigenvalue weighted by atomic mass is 9.87. The first-order valence-corrected chi connectivity index (χ1v) is 7.96. The molecule has 2 aromatic carbocycles. The summed E-state index contributed by atoms with van der Waals surface area (Å²) in [4.78, 5) is 12.3. The maximum absolute atomic E-state index is 12.3. The molecule has 0 fully saturated rings. The van der Waals surface area contributed by atoms with Crippen molar-refractivity contribution in [1.82, 2.24) is 5.32 Å². The van der Waals surface area contributed by atoms with Gasteiger partial charge in [0.05, 0.1) is 6.04 Å². The Labute approximate surface area is 132 Å². The fraction of sp³-hybridized carbons (Fsp3) is 0.235. The van der Waals surface area contributed by atoms with Crippen LogP contribution in [0, 0.1) is 3.57 Å². The zero-order chi connectivity index (χ0) is 13.9. The van der Waals surface area contributed by atoms with Crippen molar-refractivity contribution in [3.05, 3.63) is 68.8 Å². The Morgan fingerprint density at radius 1 is 1.10 bits per heavy atom. The van der Waals surface area contributed by atoms with Gasteiger partial charge in [0, 0.05) is 9.13 Å². The topological polar surface area (TPSA) is 29.1 Å². The molecule has 3 rings (SSSR count). The van der Waals surface area contributed by atoms with E-state index in [1.807, 2.05) is 30.3 Å². The molecule has 1 aliphatic rings. The lowest BCUT2D eigenvalue weighted by Gasteiger charge is -2.26. The van der Waals surface area contributed by atoms with Gasteiger partial charge in [-0.1, -0.05) is 24.3 Å². The molecule has 1 amide bonds. The number of benzene rings is 2. The number of hydrogen-bond acceptors (Lipinski definition) is 1. The highest BCUT2D eigenvalue weighted by Gasteiger charge is 2.21. The third-order valence-corrected chi connectivity index (χ3v) is 4.50. The quantitative estimate of drug-likeness (QED) is 0.785. The van der Waals surface area contributed by atoms with Gasteiger partial charge in [-0.05, 0) is 77.2 Å². The second-order valence-electron chi connectivity index (χ2n) is 5.12. The fourth-order valence-corrected chi connectivity index (χ4v) is 3.11. The van der Waals surface area contributed by atoms with Crippen molar-refractivity contribution in [1.29, 1.82) is 0 Å². The van der Waals surface area contributed by atoms with E-state index < -0.39 is 0 Å². The Balaban J connectivity index is 1.79. The van der Waals surface area contributed by atoms with Gasteiger partial charge in [-0.15, -0.1) is 0 Å². The van der Waals surface area contributed by atoms with Crippen LogP contribution < -0.4 is 5.32 Å². The molecule has 0 aromatic heterocycles. The zero-order valence-corrected chi connectivity index (χ0v) is 13.3. The summed E-state index contributed by atoms with van der Waals surface area (Å²) < 4.78 is 1.14. The van der Waals surface area contributed by atoms with Crippen molar-refractivity contribution in [3.63, 3.8) is 0 Å². The third kappa shape index (κ3) is 2.87. The van der Waals surface area contributed by atoms with E-state index in [0.29, 0.717) is 0 Å². The van der Waals surface area contributed by atoms with Gasteiger partial charge in [-0.3, -0.25) is 4.79 Å². The van der Waals surface area contributed by atoms with Crippen LogP contribution >= 0.6 is 22.6 Å².